The fourth-order valence-corrected chi connectivity index (χ4v) is 3.42. The van der Waals surface area contributed by atoms with Crippen molar-refractivity contribution in [1.29, 1.82) is 0 Å². The third kappa shape index (κ3) is 4.03. The monoisotopic (exact) mass is 400 g/mol. The fraction of sp³-hybridized carbons (Fsp3) is 0.208. The van der Waals surface area contributed by atoms with Gasteiger partial charge in [0, 0.05) is 54.9 Å². The summed E-state index contributed by atoms with van der Waals surface area (Å²) in [6.45, 7) is 4.18. The number of rotatable bonds is 5. The maximum Gasteiger partial charge on any atom is 0.253 e. The van der Waals surface area contributed by atoms with E-state index in [0.29, 0.717) is 12.2 Å². The molecule has 0 N–H and O–H groups in total. The second-order valence-electron chi connectivity index (χ2n) is 7.52. The number of hydrogen-bond acceptors (Lipinski definition) is 4. The Bertz CT molecular complexity index is 1210. The van der Waals surface area contributed by atoms with Crippen LogP contribution in [0.5, 0.6) is 5.75 Å². The molecule has 0 atom stereocenters. The molecule has 0 unspecified atom stereocenters. The first-order valence-corrected chi connectivity index (χ1v) is 9.77. The Balaban J connectivity index is 1.53. The minimum absolute atomic E-state index is 0.00333. The molecular formula is C24H24N4O2. The van der Waals surface area contributed by atoms with Crippen molar-refractivity contribution in [1.82, 2.24) is 19.3 Å². The maximum atomic E-state index is 12.0. The summed E-state index contributed by atoms with van der Waals surface area (Å²) < 4.78 is 9.36. The third-order valence-corrected chi connectivity index (χ3v) is 5.02. The summed E-state index contributed by atoms with van der Waals surface area (Å²) >= 11 is 0. The Labute approximate surface area is 175 Å². The summed E-state index contributed by atoms with van der Waals surface area (Å²) in [5.74, 6) is 0.763. The highest BCUT2D eigenvalue weighted by atomic mass is 16.5. The van der Waals surface area contributed by atoms with Gasteiger partial charge < -0.3 is 9.30 Å². The van der Waals surface area contributed by atoms with E-state index in [0.717, 1.165) is 39.4 Å². The SMILES string of the molecule is Cc1ccc(-c2ccc(OCc3nn(C)cc3-c3cc(C)c(=O)n(C)c3)cc2)nc1. The molecule has 0 bridgehead atoms. The van der Waals surface area contributed by atoms with Crippen LogP contribution in [0.4, 0.5) is 0 Å². The predicted octanol–water partition coefficient (Wildman–Crippen LogP) is 4.04. The second-order valence-corrected chi connectivity index (χ2v) is 7.52. The molecule has 1 aromatic carbocycles. The lowest BCUT2D eigenvalue weighted by molar-refractivity contribution is 0.300. The molecule has 152 valence electrons. The molecule has 0 saturated carbocycles. The molecule has 0 aliphatic rings. The molecule has 3 aromatic heterocycles. The van der Waals surface area contributed by atoms with Crippen molar-refractivity contribution in [2.45, 2.75) is 20.5 Å². The van der Waals surface area contributed by atoms with Gasteiger partial charge in [0.25, 0.3) is 5.56 Å². The van der Waals surface area contributed by atoms with Crippen molar-refractivity contribution >= 4 is 0 Å². The molecule has 0 saturated heterocycles. The maximum absolute atomic E-state index is 12.0. The van der Waals surface area contributed by atoms with Gasteiger partial charge in [0.2, 0.25) is 0 Å². The Morgan fingerprint density at radius 2 is 1.73 bits per heavy atom. The van der Waals surface area contributed by atoms with E-state index in [1.54, 1.807) is 16.3 Å². The third-order valence-electron chi connectivity index (χ3n) is 5.02. The predicted molar refractivity (Wildman–Crippen MR) is 117 cm³/mol. The van der Waals surface area contributed by atoms with E-state index in [-0.39, 0.29) is 5.56 Å². The van der Waals surface area contributed by atoms with E-state index < -0.39 is 0 Å². The van der Waals surface area contributed by atoms with E-state index in [1.807, 2.05) is 75.9 Å². The van der Waals surface area contributed by atoms with E-state index in [9.17, 15) is 4.79 Å². The van der Waals surface area contributed by atoms with Gasteiger partial charge in [-0.15, -0.1) is 0 Å². The molecule has 0 spiro atoms. The van der Waals surface area contributed by atoms with Gasteiger partial charge in [0.05, 0.1) is 5.69 Å². The topological polar surface area (TPSA) is 61.9 Å². The fourth-order valence-electron chi connectivity index (χ4n) is 3.42. The molecule has 4 aromatic rings. The van der Waals surface area contributed by atoms with Gasteiger partial charge in [0.15, 0.2) is 0 Å². The summed E-state index contributed by atoms with van der Waals surface area (Å²) in [5, 5.41) is 4.55. The van der Waals surface area contributed by atoms with E-state index in [1.165, 1.54) is 0 Å². The summed E-state index contributed by atoms with van der Waals surface area (Å²) in [4.78, 5) is 16.5. The van der Waals surface area contributed by atoms with Gasteiger partial charge in [-0.05, 0) is 55.8 Å². The van der Waals surface area contributed by atoms with Crippen LogP contribution < -0.4 is 10.3 Å². The van der Waals surface area contributed by atoms with Gasteiger partial charge in [-0.25, -0.2) is 0 Å². The zero-order chi connectivity index (χ0) is 21.3. The summed E-state index contributed by atoms with van der Waals surface area (Å²) in [7, 11) is 3.64. The Hall–Kier alpha value is -3.67. The van der Waals surface area contributed by atoms with E-state index in [4.69, 9.17) is 4.74 Å². The first-order valence-electron chi connectivity index (χ1n) is 9.77. The van der Waals surface area contributed by atoms with E-state index >= 15 is 0 Å². The van der Waals surface area contributed by atoms with Gasteiger partial charge in [-0.3, -0.25) is 14.5 Å². The summed E-state index contributed by atoms with van der Waals surface area (Å²) in [5.41, 5.74) is 6.54. The Morgan fingerprint density at radius 1 is 0.967 bits per heavy atom. The first kappa shape index (κ1) is 19.6. The van der Waals surface area contributed by atoms with Crippen LogP contribution in [0.2, 0.25) is 0 Å². The smallest absolute Gasteiger partial charge is 0.253 e. The van der Waals surface area contributed by atoms with Gasteiger partial charge in [-0.2, -0.15) is 5.10 Å². The van der Waals surface area contributed by atoms with Crippen LogP contribution in [0.25, 0.3) is 22.4 Å². The highest BCUT2D eigenvalue weighted by molar-refractivity contribution is 5.65. The number of ether oxygens (including phenoxy) is 1. The average Bonchev–Trinajstić information content (AvgIpc) is 3.12. The van der Waals surface area contributed by atoms with Crippen molar-refractivity contribution in [2.75, 3.05) is 0 Å². The molecular weight excluding hydrogens is 376 g/mol. The quantitative estimate of drug-likeness (QED) is 0.507. The molecule has 6 nitrogen and oxygen atoms in total. The summed E-state index contributed by atoms with van der Waals surface area (Å²) in [6, 6.07) is 13.8. The standard InChI is InChI=1S/C24H24N4O2/c1-16-5-10-22(25-12-16)18-6-8-20(9-7-18)30-15-23-21(14-28(4)26-23)19-11-17(2)24(29)27(3)13-19/h5-14H,15H2,1-4H3. The lowest BCUT2D eigenvalue weighted by Crippen LogP contribution is -2.18. The largest absolute Gasteiger partial charge is 0.487 e. The zero-order valence-corrected chi connectivity index (χ0v) is 17.6. The summed E-state index contributed by atoms with van der Waals surface area (Å²) in [6.07, 6.45) is 5.65. The number of nitrogens with zero attached hydrogens (tertiary/aromatic N) is 4. The van der Waals surface area contributed by atoms with Crippen LogP contribution in [0.1, 0.15) is 16.8 Å². The van der Waals surface area contributed by atoms with Crippen molar-refractivity contribution < 1.29 is 4.74 Å². The van der Waals surface area contributed by atoms with Gasteiger partial charge in [-0.1, -0.05) is 6.07 Å². The van der Waals surface area contributed by atoms with Crippen molar-refractivity contribution in [3.63, 3.8) is 0 Å². The van der Waals surface area contributed by atoms with Crippen LogP contribution in [-0.2, 0) is 20.7 Å². The highest BCUT2D eigenvalue weighted by Crippen LogP contribution is 2.25. The number of aryl methyl sites for hydroxylation is 4. The van der Waals surface area contributed by atoms with Crippen molar-refractivity contribution in [3.05, 3.63) is 88.2 Å². The highest BCUT2D eigenvalue weighted by Gasteiger charge is 2.13. The number of pyridine rings is 2. The molecule has 6 heteroatoms. The van der Waals surface area contributed by atoms with Crippen LogP contribution in [0, 0.1) is 13.8 Å². The lowest BCUT2D eigenvalue weighted by atomic mass is 10.1. The van der Waals surface area contributed by atoms with E-state index in [2.05, 4.69) is 16.1 Å². The Kier molecular flexibility index (Phi) is 5.23. The van der Waals surface area contributed by atoms with Crippen LogP contribution in [-0.4, -0.2) is 19.3 Å². The molecule has 0 aliphatic carbocycles. The average molecular weight is 400 g/mol. The minimum atomic E-state index is 0.00333. The van der Waals surface area contributed by atoms with Gasteiger partial charge >= 0.3 is 0 Å². The van der Waals surface area contributed by atoms with Crippen LogP contribution >= 0.6 is 0 Å². The van der Waals surface area contributed by atoms with Crippen LogP contribution in [0.3, 0.4) is 0 Å². The molecule has 0 amide bonds. The van der Waals surface area contributed by atoms with Crippen LogP contribution in [0.15, 0.2) is 65.8 Å². The molecule has 3 heterocycles. The Morgan fingerprint density at radius 3 is 2.40 bits per heavy atom. The minimum Gasteiger partial charge on any atom is -0.487 e. The zero-order valence-electron chi connectivity index (χ0n) is 17.6. The first-order chi connectivity index (χ1) is 14.4. The lowest BCUT2D eigenvalue weighted by Gasteiger charge is -2.09. The molecule has 4 rings (SSSR count). The molecule has 0 fully saturated rings. The molecule has 30 heavy (non-hydrogen) atoms. The number of benzene rings is 1. The van der Waals surface area contributed by atoms with Crippen molar-refractivity contribution in [3.8, 4) is 28.1 Å². The van der Waals surface area contributed by atoms with Gasteiger partial charge in [0.1, 0.15) is 18.1 Å². The molecule has 0 radical (unpaired) electrons. The number of aromatic nitrogens is 4. The second kappa shape index (κ2) is 7.99. The van der Waals surface area contributed by atoms with Crippen molar-refractivity contribution in [2.24, 2.45) is 14.1 Å². The normalized spacial score (nSPS) is 10.9. The number of hydrogen-bond donors (Lipinski definition) is 0. The molecule has 0 aliphatic heterocycles.